The number of hydrogen-bond donors (Lipinski definition) is 1. The number of rotatable bonds is 8. The number of nitrogens with one attached hydrogen (secondary N) is 1. The van der Waals surface area contributed by atoms with Gasteiger partial charge in [0.05, 0.1) is 17.7 Å². The minimum Gasteiger partial charge on any atom is -0.495 e. The quantitative estimate of drug-likeness (QED) is 0.587. The third-order valence-electron chi connectivity index (χ3n) is 6.11. The van der Waals surface area contributed by atoms with E-state index in [9.17, 15) is 18.0 Å². The van der Waals surface area contributed by atoms with Crippen LogP contribution in [0.4, 0.5) is 5.69 Å². The molecule has 2 aliphatic rings. The lowest BCUT2D eigenvalue weighted by atomic mass is 10.1. The number of amides is 2. The number of carbonyl (C=O) groups is 2. The summed E-state index contributed by atoms with van der Waals surface area (Å²) in [5.41, 5.74) is 0.265. The number of fused-ring (bicyclic) bond motifs is 1. The van der Waals surface area contributed by atoms with Crippen LogP contribution < -0.4 is 10.1 Å². The van der Waals surface area contributed by atoms with Crippen molar-refractivity contribution in [2.45, 2.75) is 42.5 Å². The highest BCUT2D eigenvalue weighted by atomic mass is 32.2. The molecule has 0 bridgehead atoms. The summed E-state index contributed by atoms with van der Waals surface area (Å²) in [4.78, 5) is 28.5. The standard InChI is InChI=1S/C22H27N3O5S3/c1-4-24(5-2)33(28,29)15-8-9-18(30-3)16(13-15)23-21(27)17-14-32-22(19-7-6-12-31-19)11-10-20(26)25(17)22/h6-9,12-13,17H,4-5,10-11,14H2,1-3H3,(H,23,27)/t17-,22-/m1/s1. The number of thiophene rings is 1. The van der Waals surface area contributed by atoms with E-state index < -0.39 is 20.9 Å². The number of nitrogens with zero attached hydrogens (tertiary/aromatic N) is 2. The molecular formula is C22H27N3O5S3. The van der Waals surface area contributed by atoms with E-state index in [0.29, 0.717) is 37.4 Å². The van der Waals surface area contributed by atoms with Crippen molar-refractivity contribution in [1.82, 2.24) is 9.21 Å². The predicted molar refractivity (Wildman–Crippen MR) is 130 cm³/mol. The molecule has 2 amide bonds. The van der Waals surface area contributed by atoms with Gasteiger partial charge in [-0.2, -0.15) is 4.31 Å². The highest BCUT2D eigenvalue weighted by molar-refractivity contribution is 8.00. The van der Waals surface area contributed by atoms with Crippen molar-refractivity contribution in [3.63, 3.8) is 0 Å². The van der Waals surface area contributed by atoms with E-state index in [4.69, 9.17) is 4.74 Å². The lowest BCUT2D eigenvalue weighted by molar-refractivity contribution is -0.136. The molecule has 2 atom stereocenters. The van der Waals surface area contributed by atoms with E-state index >= 15 is 0 Å². The number of ether oxygens (including phenoxy) is 1. The molecular weight excluding hydrogens is 482 g/mol. The summed E-state index contributed by atoms with van der Waals surface area (Å²) in [7, 11) is -2.25. The van der Waals surface area contributed by atoms with E-state index in [0.717, 1.165) is 4.88 Å². The monoisotopic (exact) mass is 509 g/mol. The van der Waals surface area contributed by atoms with E-state index in [1.165, 1.54) is 29.6 Å². The first-order valence-electron chi connectivity index (χ1n) is 10.8. The van der Waals surface area contributed by atoms with Crippen molar-refractivity contribution >= 4 is 50.6 Å². The van der Waals surface area contributed by atoms with Crippen LogP contribution in [0.15, 0.2) is 40.6 Å². The van der Waals surface area contributed by atoms with Crippen LogP contribution >= 0.6 is 23.1 Å². The van der Waals surface area contributed by atoms with E-state index in [2.05, 4.69) is 5.32 Å². The first kappa shape index (κ1) is 24.1. The number of methoxy groups -OCH3 is 1. The summed E-state index contributed by atoms with van der Waals surface area (Å²) in [5, 5.41) is 4.81. The zero-order valence-electron chi connectivity index (χ0n) is 18.7. The molecule has 2 aromatic rings. The van der Waals surface area contributed by atoms with Crippen molar-refractivity contribution in [2.24, 2.45) is 0 Å². The zero-order valence-corrected chi connectivity index (χ0v) is 21.2. The molecule has 2 fully saturated rings. The highest BCUT2D eigenvalue weighted by Gasteiger charge is 2.57. The van der Waals surface area contributed by atoms with E-state index in [1.807, 2.05) is 17.5 Å². The Labute approximate surface area is 202 Å². The average molecular weight is 510 g/mol. The van der Waals surface area contributed by atoms with Crippen LogP contribution in [-0.2, 0) is 24.5 Å². The van der Waals surface area contributed by atoms with E-state index in [1.54, 1.807) is 41.8 Å². The average Bonchev–Trinajstić information content (AvgIpc) is 3.52. The molecule has 2 saturated heterocycles. The van der Waals surface area contributed by atoms with Crippen molar-refractivity contribution in [3.05, 3.63) is 40.6 Å². The number of benzene rings is 1. The Morgan fingerprint density at radius 1 is 1.30 bits per heavy atom. The Balaban J connectivity index is 1.63. The number of sulfonamides is 1. The van der Waals surface area contributed by atoms with Crippen LogP contribution in [0.3, 0.4) is 0 Å². The van der Waals surface area contributed by atoms with Gasteiger partial charge in [-0.3, -0.25) is 9.59 Å². The summed E-state index contributed by atoms with van der Waals surface area (Å²) < 4.78 is 32.7. The first-order valence-corrected chi connectivity index (χ1v) is 14.1. The Morgan fingerprint density at radius 3 is 2.70 bits per heavy atom. The Morgan fingerprint density at radius 2 is 2.06 bits per heavy atom. The summed E-state index contributed by atoms with van der Waals surface area (Å²) in [5.74, 6) is 0.421. The molecule has 1 aromatic carbocycles. The van der Waals surface area contributed by atoms with Gasteiger partial charge in [-0.15, -0.1) is 23.1 Å². The van der Waals surface area contributed by atoms with Crippen molar-refractivity contribution in [1.29, 1.82) is 0 Å². The van der Waals surface area contributed by atoms with Crippen molar-refractivity contribution < 1.29 is 22.7 Å². The topological polar surface area (TPSA) is 96.0 Å². The van der Waals surface area contributed by atoms with Crippen molar-refractivity contribution in [3.8, 4) is 5.75 Å². The molecule has 178 valence electrons. The lowest BCUT2D eigenvalue weighted by Gasteiger charge is -2.32. The van der Waals surface area contributed by atoms with Gasteiger partial charge < -0.3 is 15.0 Å². The van der Waals surface area contributed by atoms with Gasteiger partial charge in [0.15, 0.2) is 0 Å². The minimum atomic E-state index is -3.71. The molecule has 2 aliphatic heterocycles. The number of anilines is 1. The van der Waals surface area contributed by atoms with Crippen LogP contribution in [0.5, 0.6) is 5.75 Å². The molecule has 1 aromatic heterocycles. The molecule has 0 aliphatic carbocycles. The molecule has 0 spiro atoms. The predicted octanol–water partition coefficient (Wildman–Crippen LogP) is 3.32. The molecule has 11 heteroatoms. The first-order chi connectivity index (χ1) is 15.8. The highest BCUT2D eigenvalue weighted by Crippen LogP contribution is 2.55. The van der Waals surface area contributed by atoms with Crippen LogP contribution in [0, 0.1) is 0 Å². The van der Waals surface area contributed by atoms with Gasteiger partial charge in [-0.1, -0.05) is 19.9 Å². The lowest BCUT2D eigenvalue weighted by Crippen LogP contribution is -2.47. The third kappa shape index (κ3) is 4.05. The number of carbonyl (C=O) groups excluding carboxylic acids is 2. The maximum Gasteiger partial charge on any atom is 0.248 e. The van der Waals surface area contributed by atoms with E-state index in [-0.39, 0.29) is 22.4 Å². The fourth-order valence-corrected chi connectivity index (χ4v) is 8.67. The summed E-state index contributed by atoms with van der Waals surface area (Å²) in [6.07, 6.45) is 1.07. The normalized spacial score (nSPS) is 22.6. The maximum absolute atomic E-state index is 13.4. The summed E-state index contributed by atoms with van der Waals surface area (Å²) in [6.45, 7) is 4.23. The van der Waals surface area contributed by atoms with Gasteiger partial charge in [-0.05, 0) is 36.1 Å². The van der Waals surface area contributed by atoms with Gasteiger partial charge in [0.2, 0.25) is 21.8 Å². The van der Waals surface area contributed by atoms with Gasteiger partial charge in [0.25, 0.3) is 0 Å². The second-order valence-electron chi connectivity index (χ2n) is 7.79. The van der Waals surface area contributed by atoms with Crippen LogP contribution in [-0.4, -0.2) is 61.4 Å². The third-order valence-corrected chi connectivity index (χ3v) is 10.9. The molecule has 8 nitrogen and oxygen atoms in total. The largest absolute Gasteiger partial charge is 0.495 e. The molecule has 33 heavy (non-hydrogen) atoms. The minimum absolute atomic E-state index is 0.0432. The fourth-order valence-electron chi connectivity index (χ4n) is 4.46. The maximum atomic E-state index is 13.4. The van der Waals surface area contributed by atoms with Crippen LogP contribution in [0.1, 0.15) is 31.6 Å². The van der Waals surface area contributed by atoms with Gasteiger partial charge in [0.1, 0.15) is 16.7 Å². The fraction of sp³-hybridized carbons (Fsp3) is 0.455. The second-order valence-corrected chi connectivity index (χ2v) is 12.0. The van der Waals surface area contributed by atoms with Crippen molar-refractivity contribution in [2.75, 3.05) is 31.3 Å². The Bertz CT molecular complexity index is 1150. The smallest absolute Gasteiger partial charge is 0.248 e. The Kier molecular flexibility index (Phi) is 6.77. The summed E-state index contributed by atoms with van der Waals surface area (Å²) in [6, 6.07) is 7.74. The Hall–Kier alpha value is -2.08. The van der Waals surface area contributed by atoms with Gasteiger partial charge in [0, 0.05) is 30.1 Å². The molecule has 1 N–H and O–H groups in total. The molecule has 3 heterocycles. The number of thioether (sulfide) groups is 1. The summed E-state index contributed by atoms with van der Waals surface area (Å²) >= 11 is 3.20. The van der Waals surface area contributed by atoms with Gasteiger partial charge in [-0.25, -0.2) is 8.42 Å². The van der Waals surface area contributed by atoms with Crippen LogP contribution in [0.25, 0.3) is 0 Å². The molecule has 0 unspecified atom stereocenters. The number of hydrogen-bond acceptors (Lipinski definition) is 7. The molecule has 4 rings (SSSR count). The second kappa shape index (κ2) is 9.28. The zero-order chi connectivity index (χ0) is 23.8. The SMILES string of the molecule is CCN(CC)S(=O)(=O)c1ccc(OC)c(NC(=O)[C@H]2CS[C@@]3(c4cccs4)CCC(=O)N23)c1. The van der Waals surface area contributed by atoms with Crippen LogP contribution in [0.2, 0.25) is 0 Å². The van der Waals surface area contributed by atoms with Gasteiger partial charge >= 0.3 is 0 Å². The molecule has 0 saturated carbocycles. The molecule has 0 radical (unpaired) electrons.